The van der Waals surface area contributed by atoms with Crippen LogP contribution in [0.3, 0.4) is 0 Å². The molecule has 0 radical (unpaired) electrons. The average molecular weight is 1290 g/mol. The van der Waals surface area contributed by atoms with Crippen LogP contribution in [-0.4, -0.2) is 45.2 Å². The maximum atomic E-state index is 5.66. The van der Waals surface area contributed by atoms with Crippen molar-refractivity contribution in [1.82, 2.24) is 9.97 Å². The minimum absolute atomic E-state index is 0. The van der Waals surface area contributed by atoms with Gasteiger partial charge < -0.3 is 25.4 Å². The van der Waals surface area contributed by atoms with Crippen LogP contribution < -0.4 is 9.80 Å². The van der Waals surface area contributed by atoms with Crippen molar-refractivity contribution in [3.63, 3.8) is 0 Å². The summed E-state index contributed by atoms with van der Waals surface area (Å²) < 4.78 is 0. The monoisotopic (exact) mass is 1280 g/mol. The Kier molecular flexibility index (Phi) is 29.7. The van der Waals surface area contributed by atoms with Crippen LogP contribution in [0.5, 0.6) is 0 Å². The van der Waals surface area contributed by atoms with Gasteiger partial charge in [0, 0.05) is 11.3 Å². The molecular formula is C84H88Cr2N6-2. The van der Waals surface area contributed by atoms with Gasteiger partial charge in [-0.2, -0.15) is 85.3 Å². The Morgan fingerprint density at radius 2 is 0.815 bits per heavy atom. The Balaban J connectivity index is 0.000000246. The molecule has 468 valence electrons. The van der Waals surface area contributed by atoms with Gasteiger partial charge in [0.15, 0.2) is 0 Å². The van der Waals surface area contributed by atoms with E-state index in [1.807, 2.05) is 137 Å². The van der Waals surface area contributed by atoms with Gasteiger partial charge in [0.1, 0.15) is 0 Å². The van der Waals surface area contributed by atoms with E-state index < -0.39 is 0 Å². The molecule has 0 saturated heterocycles. The van der Waals surface area contributed by atoms with Gasteiger partial charge in [-0.3, -0.25) is 4.98 Å². The molecule has 8 heteroatoms. The minimum Gasteiger partial charge on any atom is -0.673 e. The van der Waals surface area contributed by atoms with Crippen LogP contribution in [0.1, 0.15) is 101 Å². The summed E-state index contributed by atoms with van der Waals surface area (Å²) in [5.74, 6) is 1.48. The number of hydrogen-bond acceptors (Lipinski definition) is 4. The standard InChI is InChI=1S/C40H37N2.C10H9N2.2C9H12N.2C8H9.2Cr/c1-27(2)31-22-13-23-32(28(3)4)39(31)42-40(36-21-11-10-20-34(36)29-15-6-5-7-16-29)38-26-14-25-37(41-38)35-24-12-18-30-17-8-9-19-33(30)35;1-11-10-7-6-8-4-2-3-5-9(8)12-10;2*1-8-6-4-5-7-9(8)10(2)3;2*1-7-5-3-4-6-8(7)2;;/h5-28,40H,1-4H3;2-7H,1H3;2*4-7H,1H2,2-3H3;2*3-6H,1H2,2H3;;/q6*-1;2*+2. The molecule has 0 aliphatic carbocycles. The van der Waals surface area contributed by atoms with Crippen molar-refractivity contribution in [3.05, 3.63) is 361 Å². The van der Waals surface area contributed by atoms with Crippen molar-refractivity contribution in [2.45, 2.75) is 59.4 Å². The summed E-state index contributed by atoms with van der Waals surface area (Å²) in [5.41, 5.74) is 20.5. The first-order valence-electron chi connectivity index (χ1n) is 30.8. The van der Waals surface area contributed by atoms with Crippen LogP contribution in [0.4, 0.5) is 22.9 Å². The van der Waals surface area contributed by atoms with Crippen LogP contribution in [0.2, 0.25) is 0 Å². The van der Waals surface area contributed by atoms with Gasteiger partial charge in [0.2, 0.25) is 0 Å². The number of aromatic nitrogens is 2. The molecule has 92 heavy (non-hydrogen) atoms. The molecule has 0 aliphatic rings. The van der Waals surface area contributed by atoms with E-state index in [2.05, 4.69) is 247 Å². The molecule has 0 N–H and O–H groups in total. The zero-order valence-corrected chi connectivity index (χ0v) is 58.0. The van der Waals surface area contributed by atoms with Crippen LogP contribution in [-0.2, 0) is 34.7 Å². The SMILES string of the molecule is CC(C)c1cccc(C(C)C)c1[N-]C(c1cccc(-c2cccc3ccccc23)n1)c1ccccc1-c1ccccc1.C[N-]c1ccc2ccccc2n1.[CH2-]c1ccccc1C.[CH2-]c1ccccc1C.[CH2-]c1ccccc1N(C)C.[CH2-]c1ccccc1N(C)C.[Cr+2].[Cr+2]. The maximum absolute atomic E-state index is 5.66. The average Bonchev–Trinajstić information content (AvgIpc) is 0.865. The molecule has 2 heterocycles. The predicted molar refractivity (Wildman–Crippen MR) is 391 cm³/mol. The molecule has 12 rings (SSSR count). The van der Waals surface area contributed by atoms with E-state index in [1.54, 1.807) is 7.05 Å². The quantitative estimate of drug-likeness (QED) is 0.121. The van der Waals surface area contributed by atoms with Crippen molar-refractivity contribution >= 4 is 44.6 Å². The summed E-state index contributed by atoms with van der Waals surface area (Å²) in [6, 6.07) is 91.3. The van der Waals surface area contributed by atoms with Crippen molar-refractivity contribution in [2.24, 2.45) is 0 Å². The van der Waals surface area contributed by atoms with Gasteiger partial charge in [0.05, 0.1) is 5.69 Å². The maximum Gasteiger partial charge on any atom is 2.00 e. The molecular weight excluding hydrogens is 1200 g/mol. The number of fused-ring (bicyclic) bond motifs is 2. The largest absolute Gasteiger partial charge is 2.00 e. The fraction of sp³-hybridized carbons (Fsp3) is 0.167. The Bertz CT molecular complexity index is 3990. The zero-order chi connectivity index (χ0) is 64.5. The third-order valence-corrected chi connectivity index (χ3v) is 15.3. The molecule has 0 fully saturated rings. The van der Waals surface area contributed by atoms with Crippen molar-refractivity contribution in [2.75, 3.05) is 45.0 Å². The molecule has 0 aliphatic heterocycles. The van der Waals surface area contributed by atoms with Gasteiger partial charge in [-0.25, -0.2) is 0 Å². The van der Waals surface area contributed by atoms with Crippen LogP contribution in [0.25, 0.3) is 54.7 Å². The van der Waals surface area contributed by atoms with Gasteiger partial charge in [0.25, 0.3) is 0 Å². The third kappa shape index (κ3) is 20.9. The molecule has 0 amide bonds. The number of para-hydroxylation sites is 4. The second kappa shape index (κ2) is 37.2. The van der Waals surface area contributed by atoms with Crippen molar-refractivity contribution in [3.8, 4) is 22.4 Å². The molecule has 1 atom stereocenters. The molecule has 0 saturated carbocycles. The van der Waals surface area contributed by atoms with E-state index in [1.165, 1.54) is 55.5 Å². The smallest absolute Gasteiger partial charge is 0.673 e. The number of anilines is 2. The number of aryl methyl sites for hydroxylation is 2. The van der Waals surface area contributed by atoms with Crippen LogP contribution >= 0.6 is 0 Å². The first-order valence-corrected chi connectivity index (χ1v) is 30.8. The van der Waals surface area contributed by atoms with E-state index in [4.69, 9.17) is 10.3 Å². The Morgan fingerprint density at radius 3 is 1.33 bits per heavy atom. The molecule has 0 bridgehead atoms. The van der Waals surface area contributed by atoms with E-state index in [0.717, 1.165) is 67.2 Å². The summed E-state index contributed by atoms with van der Waals surface area (Å²) >= 11 is 0. The topological polar surface area (TPSA) is 60.5 Å². The van der Waals surface area contributed by atoms with Crippen LogP contribution in [0.15, 0.2) is 267 Å². The number of hydrogen-bond donors (Lipinski definition) is 0. The van der Waals surface area contributed by atoms with Crippen molar-refractivity contribution < 1.29 is 34.7 Å². The summed E-state index contributed by atoms with van der Waals surface area (Å²) in [6.07, 6.45) is 0. The van der Waals surface area contributed by atoms with E-state index in [-0.39, 0.29) is 40.8 Å². The normalized spacial score (nSPS) is 10.5. The number of benzene rings is 10. The first kappa shape index (κ1) is 73.5. The van der Waals surface area contributed by atoms with Gasteiger partial charge in [-0.1, -0.05) is 271 Å². The number of rotatable bonds is 11. The minimum atomic E-state index is -0.284. The Morgan fingerprint density at radius 1 is 0.380 bits per heavy atom. The number of pyridine rings is 2. The van der Waals surface area contributed by atoms with E-state index in [9.17, 15) is 0 Å². The fourth-order valence-electron chi connectivity index (χ4n) is 10.2. The van der Waals surface area contributed by atoms with E-state index >= 15 is 0 Å². The molecule has 10 aromatic carbocycles. The second-order valence-corrected chi connectivity index (χ2v) is 23.0. The van der Waals surface area contributed by atoms with Crippen molar-refractivity contribution in [1.29, 1.82) is 0 Å². The third-order valence-electron chi connectivity index (χ3n) is 15.3. The van der Waals surface area contributed by atoms with E-state index in [0.29, 0.717) is 11.8 Å². The summed E-state index contributed by atoms with van der Waals surface area (Å²) in [6.45, 7) is 28.6. The second-order valence-electron chi connectivity index (χ2n) is 23.0. The summed E-state index contributed by atoms with van der Waals surface area (Å²) in [5, 5.41) is 13.2. The molecule has 1 unspecified atom stereocenters. The molecule has 2 aromatic heterocycles. The predicted octanol–water partition coefficient (Wildman–Crippen LogP) is 22.7. The number of nitrogens with zero attached hydrogens (tertiary/aromatic N) is 6. The van der Waals surface area contributed by atoms with Gasteiger partial charge in [-0.05, 0) is 96.6 Å². The Labute approximate surface area is 573 Å². The van der Waals surface area contributed by atoms with Crippen LogP contribution in [0, 0.1) is 41.5 Å². The fourth-order valence-corrected chi connectivity index (χ4v) is 10.2. The molecule has 6 nitrogen and oxygen atoms in total. The summed E-state index contributed by atoms with van der Waals surface area (Å²) in [4.78, 5) is 13.8. The molecule has 0 spiro atoms. The zero-order valence-electron chi connectivity index (χ0n) is 55.5. The van der Waals surface area contributed by atoms with Gasteiger partial charge in [-0.15, -0.1) is 42.1 Å². The molecule has 12 aromatic rings. The summed E-state index contributed by atoms with van der Waals surface area (Å²) in [7, 11) is 9.82. The first-order chi connectivity index (χ1) is 43.4. The Hall–Kier alpha value is -9.24. The van der Waals surface area contributed by atoms with Gasteiger partial charge >= 0.3 is 34.7 Å².